The second-order valence-electron chi connectivity index (χ2n) is 3.61. The average Bonchev–Trinajstić information content (AvgIpc) is 2.96. The Morgan fingerprint density at radius 1 is 1.71 bits per heavy atom. The van der Waals surface area contributed by atoms with Crippen LogP contribution < -0.4 is 11.1 Å². The third kappa shape index (κ3) is 2.47. The van der Waals surface area contributed by atoms with Gasteiger partial charge in [0.25, 0.3) is 5.91 Å². The number of aromatic nitrogens is 2. The van der Waals surface area contributed by atoms with Gasteiger partial charge in [0.1, 0.15) is 10.7 Å². The number of nitrogens with zero attached hydrogens (tertiary/aromatic N) is 1. The average molecular weight is 250 g/mol. The molecule has 17 heavy (non-hydrogen) atoms. The van der Waals surface area contributed by atoms with Gasteiger partial charge >= 0.3 is 0 Å². The molecule has 0 saturated heterocycles. The minimum atomic E-state index is -0.152. The molecule has 90 valence electrons. The van der Waals surface area contributed by atoms with Crippen molar-refractivity contribution in [2.45, 2.75) is 19.4 Å². The number of aromatic amines is 1. The minimum Gasteiger partial charge on any atom is -0.397 e. The number of hydrogen-bond donors (Lipinski definition) is 3. The standard InChI is InChI=1S/C11H14N4OS/c1-2-8(10-13-4-5-14-10)15-11(16)9-7(12)3-6-17-9/h3-6,8H,2,12H2,1H3,(H,13,14)(H,15,16). The molecule has 5 nitrogen and oxygen atoms in total. The Kier molecular flexibility index (Phi) is 3.43. The fraction of sp³-hybridized carbons (Fsp3) is 0.273. The fourth-order valence-corrected chi connectivity index (χ4v) is 2.28. The SMILES string of the molecule is CCC(NC(=O)c1sccc1N)c1ncc[nH]1. The Hall–Kier alpha value is -1.82. The van der Waals surface area contributed by atoms with Crippen LogP contribution in [0.25, 0.3) is 0 Å². The smallest absolute Gasteiger partial charge is 0.264 e. The van der Waals surface area contributed by atoms with Crippen LogP contribution in [0.2, 0.25) is 0 Å². The topological polar surface area (TPSA) is 83.8 Å². The van der Waals surface area contributed by atoms with Crippen LogP contribution in [0.1, 0.15) is 34.9 Å². The van der Waals surface area contributed by atoms with Crippen LogP contribution in [0.4, 0.5) is 5.69 Å². The summed E-state index contributed by atoms with van der Waals surface area (Å²) in [6, 6.07) is 1.62. The minimum absolute atomic E-state index is 0.112. The van der Waals surface area contributed by atoms with Gasteiger partial charge in [0.2, 0.25) is 0 Å². The summed E-state index contributed by atoms with van der Waals surface area (Å²) in [6.07, 6.45) is 4.18. The van der Waals surface area contributed by atoms with Gasteiger partial charge in [-0.25, -0.2) is 4.98 Å². The number of imidazole rings is 1. The number of carbonyl (C=O) groups is 1. The number of thiophene rings is 1. The van der Waals surface area contributed by atoms with Gasteiger partial charge < -0.3 is 16.0 Å². The fourth-order valence-electron chi connectivity index (χ4n) is 1.56. The van der Waals surface area contributed by atoms with E-state index in [0.29, 0.717) is 10.6 Å². The van der Waals surface area contributed by atoms with E-state index in [1.165, 1.54) is 11.3 Å². The second-order valence-corrected chi connectivity index (χ2v) is 4.53. The lowest BCUT2D eigenvalue weighted by atomic mass is 10.2. The van der Waals surface area contributed by atoms with Crippen molar-refractivity contribution in [1.29, 1.82) is 0 Å². The van der Waals surface area contributed by atoms with E-state index >= 15 is 0 Å². The summed E-state index contributed by atoms with van der Waals surface area (Å²) in [7, 11) is 0. The molecule has 0 aromatic carbocycles. The highest BCUT2D eigenvalue weighted by molar-refractivity contribution is 7.12. The quantitative estimate of drug-likeness (QED) is 0.775. The lowest BCUT2D eigenvalue weighted by molar-refractivity contribution is 0.0939. The molecule has 6 heteroatoms. The number of nitrogen functional groups attached to an aromatic ring is 1. The van der Waals surface area contributed by atoms with Crippen molar-refractivity contribution in [3.8, 4) is 0 Å². The van der Waals surface area contributed by atoms with Crippen molar-refractivity contribution in [3.63, 3.8) is 0 Å². The Balaban J connectivity index is 2.10. The van der Waals surface area contributed by atoms with Gasteiger partial charge in [-0.15, -0.1) is 11.3 Å². The zero-order chi connectivity index (χ0) is 12.3. The Morgan fingerprint density at radius 2 is 2.53 bits per heavy atom. The van der Waals surface area contributed by atoms with E-state index in [1.54, 1.807) is 23.8 Å². The number of nitrogens with one attached hydrogen (secondary N) is 2. The second kappa shape index (κ2) is 5.01. The van der Waals surface area contributed by atoms with E-state index in [4.69, 9.17) is 5.73 Å². The van der Waals surface area contributed by atoms with Crippen LogP contribution in [0.5, 0.6) is 0 Å². The normalized spacial score (nSPS) is 12.3. The molecule has 2 aromatic rings. The van der Waals surface area contributed by atoms with Gasteiger partial charge in [-0.2, -0.15) is 0 Å². The summed E-state index contributed by atoms with van der Waals surface area (Å²) < 4.78 is 0. The highest BCUT2D eigenvalue weighted by Crippen LogP contribution is 2.20. The molecule has 0 bridgehead atoms. The first-order chi connectivity index (χ1) is 8.22. The molecule has 0 fully saturated rings. The molecule has 1 unspecified atom stereocenters. The van der Waals surface area contributed by atoms with Crippen LogP contribution in [0.3, 0.4) is 0 Å². The summed E-state index contributed by atoms with van der Waals surface area (Å²) in [6.45, 7) is 1.99. The zero-order valence-corrected chi connectivity index (χ0v) is 10.3. The van der Waals surface area contributed by atoms with Crippen LogP contribution in [0.15, 0.2) is 23.8 Å². The first-order valence-electron chi connectivity index (χ1n) is 5.35. The molecule has 2 rings (SSSR count). The lowest BCUT2D eigenvalue weighted by Crippen LogP contribution is -2.28. The van der Waals surface area contributed by atoms with Crippen molar-refractivity contribution in [2.24, 2.45) is 0 Å². The first kappa shape index (κ1) is 11.7. The molecule has 0 aliphatic heterocycles. The molecule has 0 radical (unpaired) electrons. The number of anilines is 1. The van der Waals surface area contributed by atoms with Crippen LogP contribution in [0, 0.1) is 0 Å². The number of nitrogens with two attached hydrogens (primary N) is 1. The van der Waals surface area contributed by atoms with Gasteiger partial charge in [0.05, 0.1) is 11.7 Å². The predicted molar refractivity (Wildman–Crippen MR) is 67.8 cm³/mol. The summed E-state index contributed by atoms with van der Waals surface area (Å²) in [5.41, 5.74) is 6.22. The monoisotopic (exact) mass is 250 g/mol. The van der Waals surface area contributed by atoms with Crippen LogP contribution in [-0.4, -0.2) is 15.9 Å². The van der Waals surface area contributed by atoms with Gasteiger partial charge in [-0.1, -0.05) is 6.92 Å². The maximum Gasteiger partial charge on any atom is 0.264 e. The molecule has 2 aromatic heterocycles. The Bertz CT molecular complexity index is 491. The largest absolute Gasteiger partial charge is 0.397 e. The van der Waals surface area contributed by atoms with Gasteiger partial charge in [0, 0.05) is 12.4 Å². The Labute approximate surface area is 103 Å². The summed E-state index contributed by atoms with van der Waals surface area (Å²) in [4.78, 5) is 19.7. The molecule has 0 aliphatic carbocycles. The van der Waals surface area contributed by atoms with Crippen molar-refractivity contribution < 1.29 is 4.79 Å². The zero-order valence-electron chi connectivity index (χ0n) is 9.43. The maximum atomic E-state index is 12.0. The first-order valence-corrected chi connectivity index (χ1v) is 6.23. The van der Waals surface area contributed by atoms with E-state index in [2.05, 4.69) is 15.3 Å². The van der Waals surface area contributed by atoms with Gasteiger partial charge in [-0.05, 0) is 17.9 Å². The maximum absolute atomic E-state index is 12.0. The molecular formula is C11H14N4OS. The molecule has 1 amide bonds. The number of amides is 1. The lowest BCUT2D eigenvalue weighted by Gasteiger charge is -2.14. The van der Waals surface area contributed by atoms with Gasteiger partial charge in [-0.3, -0.25) is 4.79 Å². The Morgan fingerprint density at radius 3 is 3.06 bits per heavy atom. The molecule has 1 atom stereocenters. The number of hydrogen-bond acceptors (Lipinski definition) is 4. The number of rotatable bonds is 4. The molecule has 0 aliphatic rings. The van der Waals surface area contributed by atoms with Crippen molar-refractivity contribution in [3.05, 3.63) is 34.5 Å². The van der Waals surface area contributed by atoms with E-state index in [1.807, 2.05) is 6.92 Å². The summed E-state index contributed by atoms with van der Waals surface area (Å²) >= 11 is 1.34. The van der Waals surface area contributed by atoms with Crippen molar-refractivity contribution >= 4 is 22.9 Å². The third-order valence-electron chi connectivity index (χ3n) is 2.46. The van der Waals surface area contributed by atoms with E-state index in [0.717, 1.165) is 12.2 Å². The number of carbonyl (C=O) groups excluding carboxylic acids is 1. The highest BCUT2D eigenvalue weighted by atomic mass is 32.1. The molecule has 4 N–H and O–H groups in total. The van der Waals surface area contributed by atoms with E-state index in [9.17, 15) is 4.79 Å². The molecule has 2 heterocycles. The molecule has 0 saturated carbocycles. The van der Waals surface area contributed by atoms with Gasteiger partial charge in [0.15, 0.2) is 0 Å². The van der Waals surface area contributed by atoms with Crippen LogP contribution in [-0.2, 0) is 0 Å². The highest BCUT2D eigenvalue weighted by Gasteiger charge is 2.18. The van der Waals surface area contributed by atoms with E-state index in [-0.39, 0.29) is 11.9 Å². The molecule has 0 spiro atoms. The summed E-state index contributed by atoms with van der Waals surface area (Å²) in [5.74, 6) is 0.608. The number of H-pyrrole nitrogens is 1. The summed E-state index contributed by atoms with van der Waals surface area (Å²) in [5, 5.41) is 4.71. The van der Waals surface area contributed by atoms with Crippen LogP contribution >= 0.6 is 11.3 Å². The van der Waals surface area contributed by atoms with Crippen molar-refractivity contribution in [1.82, 2.24) is 15.3 Å². The van der Waals surface area contributed by atoms with Crippen molar-refractivity contribution in [2.75, 3.05) is 5.73 Å². The predicted octanol–water partition coefficient (Wildman–Crippen LogP) is 1.93. The molecular weight excluding hydrogens is 236 g/mol. The van der Waals surface area contributed by atoms with E-state index < -0.39 is 0 Å². The third-order valence-corrected chi connectivity index (χ3v) is 3.39.